The van der Waals surface area contributed by atoms with Gasteiger partial charge in [-0.3, -0.25) is 9.59 Å². The quantitative estimate of drug-likeness (QED) is 0.103. The average Bonchev–Trinajstić information content (AvgIpc) is 2.81. The van der Waals surface area contributed by atoms with E-state index in [4.69, 9.17) is 4.74 Å². The molecule has 0 aliphatic heterocycles. The minimum absolute atomic E-state index is 0.0194. The van der Waals surface area contributed by atoms with E-state index in [2.05, 4.69) is 24.1 Å². The van der Waals surface area contributed by atoms with Crippen molar-refractivity contribution in [3.8, 4) is 0 Å². The van der Waals surface area contributed by atoms with E-state index < -0.39 is 0 Å². The van der Waals surface area contributed by atoms with Gasteiger partial charge in [-0.1, -0.05) is 104 Å². The fraction of sp³-hybridized carbons (Fsp3) is 0.931. The van der Waals surface area contributed by atoms with Crippen LogP contribution in [0.1, 0.15) is 143 Å². The van der Waals surface area contributed by atoms with Gasteiger partial charge in [-0.2, -0.15) is 0 Å². The number of hydrogen-bond acceptors (Lipinski definition) is 4. The Morgan fingerprint density at radius 3 is 1.62 bits per heavy atom. The third-order valence-corrected chi connectivity index (χ3v) is 6.50. The van der Waals surface area contributed by atoms with Crippen molar-refractivity contribution in [1.82, 2.24) is 10.2 Å². The zero-order valence-corrected chi connectivity index (χ0v) is 23.1. The van der Waals surface area contributed by atoms with E-state index in [1.807, 2.05) is 0 Å². The highest BCUT2D eigenvalue weighted by Crippen LogP contribution is 2.10. The maximum atomic E-state index is 11.9. The second-order valence-electron chi connectivity index (χ2n) is 9.95. The Balaban J connectivity index is 3.70. The van der Waals surface area contributed by atoms with Gasteiger partial charge in [0.1, 0.15) is 0 Å². The normalized spacial score (nSPS) is 11.2. The zero-order chi connectivity index (χ0) is 25.1. The second kappa shape index (κ2) is 26.5. The van der Waals surface area contributed by atoms with Crippen LogP contribution in [0.15, 0.2) is 0 Å². The topological polar surface area (TPSA) is 58.6 Å². The predicted molar refractivity (Wildman–Crippen MR) is 145 cm³/mol. The first kappa shape index (κ1) is 32.9. The molecule has 0 radical (unpaired) electrons. The Morgan fingerprint density at radius 1 is 0.618 bits per heavy atom. The highest BCUT2D eigenvalue weighted by Gasteiger charge is 2.06. The summed E-state index contributed by atoms with van der Waals surface area (Å²) in [5.41, 5.74) is 0. The molecule has 0 heterocycles. The van der Waals surface area contributed by atoms with E-state index in [-0.39, 0.29) is 11.9 Å². The van der Waals surface area contributed by atoms with Crippen LogP contribution in [-0.4, -0.2) is 49.6 Å². The molecule has 0 saturated carbocycles. The van der Waals surface area contributed by atoms with Crippen LogP contribution in [-0.2, 0) is 14.3 Å². The molecule has 1 N–H and O–H groups in total. The Hall–Kier alpha value is -1.10. The van der Waals surface area contributed by atoms with Gasteiger partial charge < -0.3 is 15.0 Å². The van der Waals surface area contributed by atoms with Gasteiger partial charge in [0.05, 0.1) is 6.61 Å². The molecule has 0 rings (SSSR count). The van der Waals surface area contributed by atoms with Crippen molar-refractivity contribution in [2.75, 3.05) is 32.8 Å². The third-order valence-electron chi connectivity index (χ3n) is 6.50. The summed E-state index contributed by atoms with van der Waals surface area (Å²) < 4.78 is 5.38. The molecule has 0 aromatic rings. The molecule has 0 aromatic carbocycles. The van der Waals surface area contributed by atoms with Crippen molar-refractivity contribution < 1.29 is 14.3 Å². The number of ether oxygens (including phenoxy) is 1. The molecule has 34 heavy (non-hydrogen) atoms. The van der Waals surface area contributed by atoms with E-state index in [1.165, 1.54) is 96.3 Å². The molecule has 0 bridgehead atoms. The van der Waals surface area contributed by atoms with E-state index in [1.54, 1.807) is 6.92 Å². The summed E-state index contributed by atoms with van der Waals surface area (Å²) in [6, 6.07) is 0. The van der Waals surface area contributed by atoms with Gasteiger partial charge in [0, 0.05) is 26.4 Å². The third kappa shape index (κ3) is 25.5. The van der Waals surface area contributed by atoms with Crippen molar-refractivity contribution in [2.24, 2.45) is 0 Å². The van der Waals surface area contributed by atoms with Gasteiger partial charge in [0.15, 0.2) is 0 Å². The fourth-order valence-corrected chi connectivity index (χ4v) is 4.29. The molecule has 202 valence electrons. The van der Waals surface area contributed by atoms with Crippen LogP contribution in [0.5, 0.6) is 0 Å². The van der Waals surface area contributed by atoms with E-state index in [0.29, 0.717) is 13.0 Å². The number of amides is 1. The zero-order valence-electron chi connectivity index (χ0n) is 23.1. The largest absolute Gasteiger partial charge is 0.466 e. The first-order valence-electron chi connectivity index (χ1n) is 14.7. The number of carbonyl (C=O) groups is 2. The van der Waals surface area contributed by atoms with Gasteiger partial charge in [0.25, 0.3) is 0 Å². The number of rotatable bonds is 26. The van der Waals surface area contributed by atoms with Crippen LogP contribution in [0.4, 0.5) is 0 Å². The molecular weight excluding hydrogens is 424 g/mol. The van der Waals surface area contributed by atoms with Gasteiger partial charge >= 0.3 is 5.97 Å². The lowest BCUT2D eigenvalue weighted by atomic mass is 10.1. The molecule has 0 saturated heterocycles. The maximum Gasteiger partial charge on any atom is 0.305 e. The van der Waals surface area contributed by atoms with Crippen molar-refractivity contribution in [3.63, 3.8) is 0 Å². The summed E-state index contributed by atoms with van der Waals surface area (Å²) in [5, 5.41) is 2.93. The summed E-state index contributed by atoms with van der Waals surface area (Å²) in [4.78, 5) is 25.5. The summed E-state index contributed by atoms with van der Waals surface area (Å²) >= 11 is 0. The Labute approximate surface area is 212 Å². The Morgan fingerprint density at radius 2 is 1.09 bits per heavy atom. The minimum atomic E-state index is -0.0194. The van der Waals surface area contributed by atoms with Crippen LogP contribution >= 0.6 is 0 Å². The standard InChI is InChI=1S/C29H58N2O3/c1-4-6-8-10-12-17-21-27-34-29(33)22-18-14-13-16-20-25-31(26-23-30-28(3)32)24-19-15-11-9-7-5-2/h4-27H2,1-3H3,(H,30,32). The van der Waals surface area contributed by atoms with Crippen LogP contribution in [0.3, 0.4) is 0 Å². The fourth-order valence-electron chi connectivity index (χ4n) is 4.29. The highest BCUT2D eigenvalue weighted by atomic mass is 16.5. The number of esters is 1. The SMILES string of the molecule is CCCCCCCCCOC(=O)CCCCCCCN(CCCCCCCC)CCNC(C)=O. The minimum Gasteiger partial charge on any atom is -0.466 e. The van der Waals surface area contributed by atoms with Crippen LogP contribution in [0.2, 0.25) is 0 Å². The van der Waals surface area contributed by atoms with E-state index in [9.17, 15) is 9.59 Å². The van der Waals surface area contributed by atoms with Gasteiger partial charge in [-0.25, -0.2) is 0 Å². The van der Waals surface area contributed by atoms with Gasteiger partial charge in [-0.15, -0.1) is 0 Å². The van der Waals surface area contributed by atoms with Crippen molar-refractivity contribution in [1.29, 1.82) is 0 Å². The summed E-state index contributed by atoms with van der Waals surface area (Å²) in [6.07, 6.45) is 22.8. The predicted octanol–water partition coefficient (Wildman–Crippen LogP) is 7.42. The van der Waals surface area contributed by atoms with E-state index >= 15 is 0 Å². The number of carbonyl (C=O) groups excluding carboxylic acids is 2. The number of hydrogen-bond donors (Lipinski definition) is 1. The van der Waals surface area contributed by atoms with Gasteiger partial charge in [0.2, 0.25) is 5.91 Å². The second-order valence-corrected chi connectivity index (χ2v) is 9.95. The van der Waals surface area contributed by atoms with Crippen LogP contribution < -0.4 is 5.32 Å². The highest BCUT2D eigenvalue weighted by molar-refractivity contribution is 5.72. The lowest BCUT2D eigenvalue weighted by Gasteiger charge is -2.22. The van der Waals surface area contributed by atoms with Crippen molar-refractivity contribution in [3.05, 3.63) is 0 Å². The van der Waals surface area contributed by atoms with E-state index in [0.717, 1.165) is 45.4 Å². The molecule has 0 unspecified atom stereocenters. The van der Waals surface area contributed by atoms with Crippen LogP contribution in [0.25, 0.3) is 0 Å². The Kier molecular flexibility index (Phi) is 25.6. The molecule has 5 nitrogen and oxygen atoms in total. The van der Waals surface area contributed by atoms with Crippen molar-refractivity contribution >= 4 is 11.9 Å². The smallest absolute Gasteiger partial charge is 0.305 e. The van der Waals surface area contributed by atoms with Gasteiger partial charge in [-0.05, 0) is 38.8 Å². The van der Waals surface area contributed by atoms with Crippen LogP contribution in [0, 0.1) is 0 Å². The summed E-state index contributed by atoms with van der Waals surface area (Å²) in [6.45, 7) is 10.6. The number of nitrogens with zero attached hydrogens (tertiary/aromatic N) is 1. The first-order valence-corrected chi connectivity index (χ1v) is 14.7. The summed E-state index contributed by atoms with van der Waals surface area (Å²) in [5.74, 6) is 0.0366. The number of unbranched alkanes of at least 4 members (excludes halogenated alkanes) is 15. The molecule has 0 spiro atoms. The molecule has 0 atom stereocenters. The monoisotopic (exact) mass is 482 g/mol. The maximum absolute atomic E-state index is 11.9. The lowest BCUT2D eigenvalue weighted by molar-refractivity contribution is -0.143. The molecule has 1 amide bonds. The first-order chi connectivity index (χ1) is 16.6. The molecule has 0 aliphatic carbocycles. The molecule has 0 aliphatic rings. The molecular formula is C29H58N2O3. The molecule has 5 heteroatoms. The average molecular weight is 483 g/mol. The lowest BCUT2D eigenvalue weighted by Crippen LogP contribution is -2.35. The van der Waals surface area contributed by atoms with Crippen molar-refractivity contribution in [2.45, 2.75) is 143 Å². The summed E-state index contributed by atoms with van der Waals surface area (Å²) in [7, 11) is 0. The molecule has 0 aromatic heterocycles. The molecule has 0 fully saturated rings. The Bertz CT molecular complexity index is 457. The number of nitrogens with one attached hydrogen (secondary N) is 1.